The standard InChI is InChI=1S/C30H54O3/c1-18(2)26(33)23(31)17-19(3)20-11-15-30(8)22-9-10-24-27(4,5)25(32)13-14-28(24,6)21(22)12-16-29(20,30)7/h18-26,31-33H,9-17H2,1-8H3/t19-,20-,21-,22+,23+,24-,25-,26-,28+,29-,30+/m0/s1. The van der Waals surface area contributed by atoms with Gasteiger partial charge in [0, 0.05) is 0 Å². The van der Waals surface area contributed by atoms with Crippen molar-refractivity contribution in [1.29, 1.82) is 0 Å². The molecule has 0 bridgehead atoms. The van der Waals surface area contributed by atoms with Crippen LogP contribution in [0.2, 0.25) is 0 Å². The number of aliphatic hydroxyl groups is 3. The molecule has 0 aromatic heterocycles. The van der Waals surface area contributed by atoms with Crippen LogP contribution < -0.4 is 0 Å². The molecule has 0 heterocycles. The van der Waals surface area contributed by atoms with Crippen LogP contribution in [0, 0.1) is 57.2 Å². The highest BCUT2D eigenvalue weighted by molar-refractivity contribution is 5.16. The Labute approximate surface area is 204 Å². The van der Waals surface area contributed by atoms with Gasteiger partial charge in [0.1, 0.15) is 0 Å². The van der Waals surface area contributed by atoms with Gasteiger partial charge >= 0.3 is 0 Å². The maximum atomic E-state index is 10.8. The summed E-state index contributed by atoms with van der Waals surface area (Å²) in [4.78, 5) is 0. The molecule has 0 amide bonds. The fourth-order valence-corrected chi connectivity index (χ4v) is 10.6. The van der Waals surface area contributed by atoms with Crippen LogP contribution in [0.5, 0.6) is 0 Å². The summed E-state index contributed by atoms with van der Waals surface area (Å²) in [5.41, 5.74) is 1.07. The molecule has 0 radical (unpaired) electrons. The summed E-state index contributed by atoms with van der Waals surface area (Å²) in [6.07, 6.45) is 9.29. The van der Waals surface area contributed by atoms with E-state index in [9.17, 15) is 15.3 Å². The van der Waals surface area contributed by atoms with E-state index in [4.69, 9.17) is 0 Å². The lowest BCUT2D eigenvalue weighted by Gasteiger charge is -2.67. The molecule has 3 N–H and O–H groups in total. The van der Waals surface area contributed by atoms with Gasteiger partial charge < -0.3 is 15.3 Å². The van der Waals surface area contributed by atoms with Crippen LogP contribution in [-0.4, -0.2) is 33.6 Å². The van der Waals surface area contributed by atoms with Crippen LogP contribution in [0.1, 0.15) is 113 Å². The topological polar surface area (TPSA) is 60.7 Å². The van der Waals surface area contributed by atoms with Gasteiger partial charge in [-0.3, -0.25) is 0 Å². The highest BCUT2D eigenvalue weighted by Gasteiger charge is 2.67. The molecule has 3 nitrogen and oxygen atoms in total. The summed E-state index contributed by atoms with van der Waals surface area (Å²) in [7, 11) is 0. The van der Waals surface area contributed by atoms with E-state index >= 15 is 0 Å². The largest absolute Gasteiger partial charge is 0.393 e. The van der Waals surface area contributed by atoms with Crippen molar-refractivity contribution in [2.24, 2.45) is 57.2 Å². The minimum absolute atomic E-state index is 0.0275. The molecule has 0 aliphatic heterocycles. The van der Waals surface area contributed by atoms with Gasteiger partial charge in [-0.15, -0.1) is 0 Å². The van der Waals surface area contributed by atoms with E-state index in [1.54, 1.807) is 0 Å². The molecule has 4 aliphatic carbocycles. The SMILES string of the molecule is CC(C)[C@H](O)[C@H](O)C[C@H](C)[C@@H]1CC[C@]2(C)[C@@H]3CC[C@H]4C(C)(C)[C@@H](O)CC[C@]4(C)[C@H]3CC[C@@]12C. The molecular weight excluding hydrogens is 408 g/mol. The quantitative estimate of drug-likeness (QED) is 0.441. The Morgan fingerprint density at radius 2 is 1.39 bits per heavy atom. The summed E-state index contributed by atoms with van der Waals surface area (Å²) < 4.78 is 0. The van der Waals surface area contributed by atoms with Crippen LogP contribution in [0.3, 0.4) is 0 Å². The number of fused-ring (bicyclic) bond motifs is 5. The molecule has 33 heavy (non-hydrogen) atoms. The van der Waals surface area contributed by atoms with Crippen LogP contribution >= 0.6 is 0 Å². The van der Waals surface area contributed by atoms with E-state index < -0.39 is 12.2 Å². The number of rotatable bonds is 5. The lowest BCUT2D eigenvalue weighted by atomic mass is 9.38. The fraction of sp³-hybridized carbons (Fsp3) is 1.00. The van der Waals surface area contributed by atoms with Gasteiger partial charge in [0.2, 0.25) is 0 Å². The highest BCUT2D eigenvalue weighted by atomic mass is 16.3. The van der Waals surface area contributed by atoms with Crippen molar-refractivity contribution in [3.05, 3.63) is 0 Å². The zero-order valence-electron chi connectivity index (χ0n) is 22.9. The van der Waals surface area contributed by atoms with Crippen molar-refractivity contribution >= 4 is 0 Å². The molecular formula is C30H54O3. The van der Waals surface area contributed by atoms with Crippen molar-refractivity contribution < 1.29 is 15.3 Å². The molecule has 4 rings (SSSR count). The van der Waals surface area contributed by atoms with Crippen LogP contribution in [0.15, 0.2) is 0 Å². The summed E-state index contributed by atoms with van der Waals surface area (Å²) in [6.45, 7) is 18.8. The third kappa shape index (κ3) is 3.69. The minimum Gasteiger partial charge on any atom is -0.393 e. The van der Waals surface area contributed by atoms with Gasteiger partial charge in [-0.2, -0.15) is 0 Å². The summed E-state index contributed by atoms with van der Waals surface area (Å²) >= 11 is 0. The Balaban J connectivity index is 1.56. The minimum atomic E-state index is -0.621. The predicted molar refractivity (Wildman–Crippen MR) is 136 cm³/mol. The van der Waals surface area contributed by atoms with Gasteiger partial charge in [-0.05, 0) is 115 Å². The van der Waals surface area contributed by atoms with E-state index in [1.807, 2.05) is 13.8 Å². The molecule has 4 fully saturated rings. The summed E-state index contributed by atoms with van der Waals surface area (Å²) in [5.74, 6) is 3.36. The van der Waals surface area contributed by atoms with Crippen molar-refractivity contribution in [3.63, 3.8) is 0 Å². The number of hydrogen-bond acceptors (Lipinski definition) is 3. The third-order valence-electron chi connectivity index (χ3n) is 12.9. The zero-order chi connectivity index (χ0) is 24.6. The molecule has 192 valence electrons. The smallest absolute Gasteiger partial charge is 0.0822 e. The van der Waals surface area contributed by atoms with E-state index in [0.29, 0.717) is 34.0 Å². The molecule has 4 aliphatic rings. The monoisotopic (exact) mass is 462 g/mol. The Hall–Kier alpha value is -0.120. The molecule has 3 heteroatoms. The normalized spacial score (nSPS) is 49.6. The van der Waals surface area contributed by atoms with E-state index in [1.165, 1.54) is 44.9 Å². The molecule has 0 aromatic carbocycles. The second kappa shape index (κ2) is 8.48. The van der Waals surface area contributed by atoms with Crippen molar-refractivity contribution in [2.45, 2.75) is 131 Å². The Bertz CT molecular complexity index is 717. The molecule has 0 unspecified atom stereocenters. The van der Waals surface area contributed by atoms with Crippen LogP contribution in [0.4, 0.5) is 0 Å². The Morgan fingerprint density at radius 3 is 2.03 bits per heavy atom. The second-order valence-electron chi connectivity index (χ2n) is 14.8. The van der Waals surface area contributed by atoms with Crippen molar-refractivity contribution in [3.8, 4) is 0 Å². The van der Waals surface area contributed by atoms with Gasteiger partial charge in [0.05, 0.1) is 18.3 Å². The Kier molecular flexibility index (Phi) is 6.67. The number of aliphatic hydroxyl groups excluding tert-OH is 3. The summed E-state index contributed by atoms with van der Waals surface area (Å²) in [5, 5.41) is 32.0. The van der Waals surface area contributed by atoms with Crippen molar-refractivity contribution in [2.75, 3.05) is 0 Å². The molecule has 0 spiro atoms. The van der Waals surface area contributed by atoms with Crippen LogP contribution in [-0.2, 0) is 0 Å². The first-order chi connectivity index (χ1) is 15.2. The first-order valence-electron chi connectivity index (χ1n) is 14.2. The van der Waals surface area contributed by atoms with Gasteiger partial charge in [-0.25, -0.2) is 0 Å². The lowest BCUT2D eigenvalue weighted by molar-refractivity contribution is -0.201. The summed E-state index contributed by atoms with van der Waals surface area (Å²) in [6, 6.07) is 0. The van der Waals surface area contributed by atoms with Gasteiger partial charge in [-0.1, -0.05) is 55.4 Å². The van der Waals surface area contributed by atoms with E-state index in [0.717, 1.165) is 24.7 Å². The Morgan fingerprint density at radius 1 is 0.758 bits per heavy atom. The average molecular weight is 463 g/mol. The third-order valence-corrected chi connectivity index (χ3v) is 12.9. The fourth-order valence-electron chi connectivity index (χ4n) is 10.6. The first kappa shape index (κ1) is 26.0. The van der Waals surface area contributed by atoms with Gasteiger partial charge in [0.15, 0.2) is 0 Å². The van der Waals surface area contributed by atoms with Crippen molar-refractivity contribution in [1.82, 2.24) is 0 Å². The molecule has 4 saturated carbocycles. The highest BCUT2D eigenvalue weighted by Crippen LogP contribution is 2.74. The lowest BCUT2D eigenvalue weighted by Crippen LogP contribution is -2.61. The molecule has 11 atom stereocenters. The zero-order valence-corrected chi connectivity index (χ0v) is 22.9. The van der Waals surface area contributed by atoms with E-state index in [2.05, 4.69) is 41.5 Å². The average Bonchev–Trinajstić information content (AvgIpc) is 3.02. The first-order valence-corrected chi connectivity index (χ1v) is 14.2. The molecule has 0 aromatic rings. The molecule has 0 saturated heterocycles. The maximum Gasteiger partial charge on any atom is 0.0822 e. The van der Waals surface area contributed by atoms with Crippen LogP contribution in [0.25, 0.3) is 0 Å². The van der Waals surface area contributed by atoms with E-state index in [-0.39, 0.29) is 17.4 Å². The maximum absolute atomic E-state index is 10.8. The predicted octanol–water partition coefficient (Wildman–Crippen LogP) is 6.44. The van der Waals surface area contributed by atoms with Gasteiger partial charge in [0.25, 0.3) is 0 Å². The second-order valence-corrected chi connectivity index (χ2v) is 14.8. The number of hydrogen-bond donors (Lipinski definition) is 3.